The number of amides is 1. The summed E-state index contributed by atoms with van der Waals surface area (Å²) in [5, 5.41) is 0.892. The Hall–Kier alpha value is -2.48. The quantitative estimate of drug-likeness (QED) is 0.220. The molecule has 1 amide bonds. The fourth-order valence-electron chi connectivity index (χ4n) is 5.87. The van der Waals surface area contributed by atoms with Crippen LogP contribution in [-0.2, 0) is 4.79 Å². The Labute approximate surface area is 249 Å². The number of thioether (sulfide) groups is 2. The van der Waals surface area contributed by atoms with Gasteiger partial charge in [-0.2, -0.15) is 0 Å². The average Bonchev–Trinajstić information content (AvgIpc) is 3.61. The summed E-state index contributed by atoms with van der Waals surface area (Å²) in [6.07, 6.45) is 15.0. The molecule has 3 aromatic heterocycles. The van der Waals surface area contributed by atoms with Crippen molar-refractivity contribution in [1.82, 2.24) is 9.30 Å². The van der Waals surface area contributed by atoms with Gasteiger partial charge in [-0.05, 0) is 54.0 Å². The lowest BCUT2D eigenvalue weighted by Gasteiger charge is -2.28. The van der Waals surface area contributed by atoms with Crippen molar-refractivity contribution in [1.29, 1.82) is 0 Å². The van der Waals surface area contributed by atoms with Crippen LogP contribution in [0.1, 0.15) is 55.9 Å². The van der Waals surface area contributed by atoms with Crippen molar-refractivity contribution in [2.24, 2.45) is 5.92 Å². The summed E-state index contributed by atoms with van der Waals surface area (Å²) in [5.41, 5.74) is 4.09. The summed E-state index contributed by atoms with van der Waals surface area (Å²) < 4.78 is 2.94. The first-order valence-corrected chi connectivity index (χ1v) is 16.7. The first-order valence-electron chi connectivity index (χ1n) is 14.1. The van der Waals surface area contributed by atoms with Crippen LogP contribution in [0.5, 0.6) is 0 Å². The Morgan fingerprint density at radius 1 is 1.23 bits per heavy atom. The molecule has 0 bridgehead atoms. The predicted octanol–water partition coefficient (Wildman–Crippen LogP) is 7.48. The summed E-state index contributed by atoms with van der Waals surface area (Å²) in [6, 6.07) is 4.18. The molecule has 210 valence electrons. The molecule has 3 unspecified atom stereocenters. The van der Waals surface area contributed by atoms with E-state index >= 15 is 0 Å². The van der Waals surface area contributed by atoms with Crippen LogP contribution >= 0.6 is 34.9 Å². The number of thiophene rings is 1. The zero-order valence-corrected chi connectivity index (χ0v) is 26.3. The van der Waals surface area contributed by atoms with Gasteiger partial charge in [0, 0.05) is 41.3 Å². The Kier molecular flexibility index (Phi) is 8.83. The number of allylic oxidation sites excluding steroid dienone is 4. The van der Waals surface area contributed by atoms with Gasteiger partial charge in [0.2, 0.25) is 5.91 Å². The highest BCUT2D eigenvalue weighted by Crippen LogP contribution is 2.48. The smallest absolute Gasteiger partial charge is 0.269 e. The number of carbonyl (C=O) groups excluding carboxylic acids is 1. The van der Waals surface area contributed by atoms with Gasteiger partial charge in [0.15, 0.2) is 0 Å². The third-order valence-electron chi connectivity index (χ3n) is 8.04. The molecule has 40 heavy (non-hydrogen) atoms. The van der Waals surface area contributed by atoms with E-state index in [4.69, 9.17) is 0 Å². The lowest BCUT2D eigenvalue weighted by Crippen LogP contribution is -2.38. The lowest BCUT2D eigenvalue weighted by atomic mass is 9.83. The Morgan fingerprint density at radius 3 is 2.77 bits per heavy atom. The van der Waals surface area contributed by atoms with Gasteiger partial charge in [-0.15, -0.1) is 34.9 Å². The van der Waals surface area contributed by atoms with Crippen molar-refractivity contribution < 1.29 is 4.79 Å². The molecule has 0 saturated carbocycles. The number of hydrogen-bond acceptors (Lipinski definition) is 5. The first-order chi connectivity index (χ1) is 19.2. The molecule has 0 spiro atoms. The number of fused-ring (bicyclic) bond motifs is 6. The molecule has 0 aliphatic carbocycles. The van der Waals surface area contributed by atoms with E-state index in [2.05, 4.69) is 63.4 Å². The van der Waals surface area contributed by atoms with Crippen molar-refractivity contribution in [3.8, 4) is 0 Å². The standard InChI is InChI=1S/C33H38N2O2S3/c1-7-9-11-23(8-2)13-14-24-15-16-34(6)32(36)22(5)29-27(12-10-17-38-24)40-31-30(29)21(4)25-19-28-26(18-20(3)39-28)35(25)33(31)37/h8,10-12,15,18-19,22,27,29H,2,4,7,9,13-14,16-17H2,1,3,5-6H3/b12-10+,23-11+,24-15-. The number of carbonyl (C=O) groups is 1. The third kappa shape index (κ3) is 5.40. The lowest BCUT2D eigenvalue weighted by molar-refractivity contribution is -0.133. The Morgan fingerprint density at radius 2 is 2.02 bits per heavy atom. The van der Waals surface area contributed by atoms with Crippen LogP contribution in [0.25, 0.3) is 22.3 Å². The van der Waals surface area contributed by atoms with Crippen LogP contribution in [-0.4, -0.2) is 39.8 Å². The summed E-state index contributed by atoms with van der Waals surface area (Å²) in [5.74, 6) is 0.588. The van der Waals surface area contributed by atoms with Gasteiger partial charge in [0.05, 0.1) is 20.6 Å². The monoisotopic (exact) mass is 590 g/mol. The average molecular weight is 591 g/mol. The van der Waals surface area contributed by atoms with Crippen molar-refractivity contribution in [3.05, 3.63) is 85.6 Å². The second-order valence-electron chi connectivity index (χ2n) is 10.8. The summed E-state index contributed by atoms with van der Waals surface area (Å²) >= 11 is 5.14. The van der Waals surface area contributed by atoms with Gasteiger partial charge in [0.25, 0.3) is 5.56 Å². The van der Waals surface area contributed by atoms with Crippen molar-refractivity contribution in [3.63, 3.8) is 0 Å². The molecule has 3 aromatic rings. The highest BCUT2D eigenvalue weighted by Gasteiger charge is 2.42. The molecule has 5 rings (SSSR count). The minimum atomic E-state index is -0.276. The van der Waals surface area contributed by atoms with Crippen molar-refractivity contribution >= 4 is 63.1 Å². The van der Waals surface area contributed by atoms with E-state index in [-0.39, 0.29) is 28.6 Å². The Balaban J connectivity index is 1.48. The van der Waals surface area contributed by atoms with Crippen LogP contribution in [0.3, 0.4) is 0 Å². The summed E-state index contributed by atoms with van der Waals surface area (Å²) in [7, 11) is 1.89. The van der Waals surface area contributed by atoms with Gasteiger partial charge in [-0.25, -0.2) is 0 Å². The maximum atomic E-state index is 13.9. The third-order valence-corrected chi connectivity index (χ3v) is 11.5. The molecule has 0 N–H and O–H groups in total. The fraction of sp³-hybridized carbons (Fsp3) is 0.394. The van der Waals surface area contributed by atoms with Gasteiger partial charge in [0.1, 0.15) is 0 Å². The molecular weight excluding hydrogens is 553 g/mol. The zero-order chi connectivity index (χ0) is 28.6. The molecule has 0 saturated heterocycles. The van der Waals surface area contributed by atoms with Crippen LogP contribution in [0, 0.1) is 12.8 Å². The van der Waals surface area contributed by atoms with Gasteiger partial charge < -0.3 is 4.90 Å². The topological polar surface area (TPSA) is 41.8 Å². The van der Waals surface area contributed by atoms with Crippen molar-refractivity contribution in [2.45, 2.75) is 62.5 Å². The summed E-state index contributed by atoms with van der Waals surface area (Å²) in [4.78, 5) is 32.8. The van der Waals surface area contributed by atoms with Crippen LogP contribution < -0.4 is 10.8 Å². The SMILES string of the molecule is C=C/C(=C\CCC)CC/C1=C/CN(C)C(=O)C(C)C2c3c(c(=O)n4c(cc5sc(C)cc54)c3=C)SC2/C=C/CS1. The molecule has 5 heterocycles. The number of pyridine rings is 1. The van der Waals surface area contributed by atoms with Crippen LogP contribution in [0.2, 0.25) is 0 Å². The number of aromatic nitrogens is 1. The van der Waals surface area contributed by atoms with E-state index in [9.17, 15) is 9.59 Å². The molecule has 3 atom stereocenters. The van der Waals surface area contributed by atoms with Gasteiger partial charge in [-0.1, -0.05) is 69.4 Å². The second kappa shape index (κ2) is 12.2. The van der Waals surface area contributed by atoms with E-state index in [0.29, 0.717) is 6.54 Å². The maximum Gasteiger partial charge on any atom is 0.269 e. The van der Waals surface area contributed by atoms with Gasteiger partial charge in [-0.3, -0.25) is 14.0 Å². The molecule has 0 fully saturated rings. The number of aryl methyl sites for hydroxylation is 1. The summed E-state index contributed by atoms with van der Waals surface area (Å²) in [6.45, 7) is 15.3. The minimum absolute atomic E-state index is 0.0131. The molecule has 0 radical (unpaired) electrons. The largest absolute Gasteiger partial charge is 0.342 e. The molecule has 7 heteroatoms. The molecule has 2 aliphatic heterocycles. The second-order valence-corrected chi connectivity index (χ2v) is 14.4. The first kappa shape index (κ1) is 29.0. The van der Waals surface area contributed by atoms with Gasteiger partial charge >= 0.3 is 0 Å². The van der Waals surface area contributed by atoms with E-state index in [1.54, 1.807) is 23.1 Å². The normalized spacial score (nSPS) is 24.4. The number of nitrogens with zero attached hydrogens (tertiary/aromatic N) is 2. The Bertz CT molecular complexity index is 1660. The highest BCUT2D eigenvalue weighted by atomic mass is 32.2. The zero-order valence-electron chi connectivity index (χ0n) is 23.9. The van der Waals surface area contributed by atoms with Crippen molar-refractivity contribution in [2.75, 3.05) is 19.3 Å². The fourth-order valence-corrected chi connectivity index (χ4v) is 9.24. The van der Waals surface area contributed by atoms with E-state index < -0.39 is 0 Å². The minimum Gasteiger partial charge on any atom is -0.342 e. The van der Waals surface area contributed by atoms with Crippen LogP contribution in [0.4, 0.5) is 0 Å². The molecule has 0 aromatic carbocycles. The number of likely N-dealkylation sites (N-methyl/N-ethyl adjacent to an activating group) is 1. The number of hydrogen-bond donors (Lipinski definition) is 0. The molecule has 4 nitrogen and oxygen atoms in total. The van der Waals surface area contributed by atoms with E-state index in [0.717, 1.165) is 62.8 Å². The maximum absolute atomic E-state index is 13.9. The molecular formula is C33H38N2O2S3. The van der Waals surface area contributed by atoms with E-state index in [1.807, 2.05) is 41.1 Å². The van der Waals surface area contributed by atoms with E-state index in [1.165, 1.54) is 15.4 Å². The highest BCUT2D eigenvalue weighted by molar-refractivity contribution is 8.03. The predicted molar refractivity (Wildman–Crippen MR) is 176 cm³/mol. The number of rotatable bonds is 6. The van der Waals surface area contributed by atoms with Crippen LogP contribution in [0.15, 0.2) is 69.3 Å². The number of unbranched alkanes of at least 4 members (excludes halogenated alkanes) is 1. The molecule has 2 aliphatic rings.